The number of amides is 1. The van der Waals surface area contributed by atoms with Crippen LogP contribution < -0.4 is 4.72 Å². The van der Waals surface area contributed by atoms with Crippen LogP contribution in [0, 0.1) is 0 Å². The normalized spacial score (nSPS) is 15.6. The zero-order valence-electron chi connectivity index (χ0n) is 18.1. The fourth-order valence-electron chi connectivity index (χ4n) is 3.62. The second-order valence-corrected chi connectivity index (χ2v) is 10.8. The fourth-order valence-corrected chi connectivity index (χ4v) is 4.64. The van der Waals surface area contributed by atoms with E-state index in [0.29, 0.717) is 5.56 Å². The molecule has 0 spiro atoms. The number of nitrogens with one attached hydrogen (secondary N) is 1. The maximum atomic E-state index is 12.7. The Morgan fingerprint density at radius 1 is 0.900 bits per heavy atom. The SMILES string of the molecule is CC(C)(C)c1ccc(S(=O)(=O)NCc2ccc(C(=O)N3CCCCCC3)cc2)cc1. The van der Waals surface area contributed by atoms with Gasteiger partial charge in [0.1, 0.15) is 0 Å². The van der Waals surface area contributed by atoms with Gasteiger partial charge in [-0.05, 0) is 53.6 Å². The van der Waals surface area contributed by atoms with Crippen molar-refractivity contribution in [3.63, 3.8) is 0 Å². The maximum Gasteiger partial charge on any atom is 0.253 e. The molecular formula is C24H32N2O3S. The van der Waals surface area contributed by atoms with Crippen LogP contribution in [0.25, 0.3) is 0 Å². The Balaban J connectivity index is 1.62. The van der Waals surface area contributed by atoms with E-state index in [2.05, 4.69) is 25.5 Å². The number of hydrogen-bond acceptors (Lipinski definition) is 3. The third kappa shape index (κ3) is 5.70. The minimum absolute atomic E-state index is 0.0256. The van der Waals surface area contributed by atoms with Crippen LogP contribution in [-0.4, -0.2) is 32.3 Å². The predicted octanol–water partition coefficient (Wildman–Crippen LogP) is 4.48. The lowest BCUT2D eigenvalue weighted by Crippen LogP contribution is -2.31. The number of nitrogens with zero attached hydrogens (tertiary/aromatic N) is 1. The number of benzene rings is 2. The van der Waals surface area contributed by atoms with E-state index in [9.17, 15) is 13.2 Å². The molecule has 0 aliphatic carbocycles. The van der Waals surface area contributed by atoms with Gasteiger partial charge in [-0.2, -0.15) is 0 Å². The molecule has 2 aromatic carbocycles. The van der Waals surface area contributed by atoms with Crippen LogP contribution in [0.3, 0.4) is 0 Å². The summed E-state index contributed by atoms with van der Waals surface area (Å²) in [6.07, 6.45) is 4.48. The van der Waals surface area contributed by atoms with E-state index < -0.39 is 10.0 Å². The van der Waals surface area contributed by atoms with Crippen molar-refractivity contribution in [2.24, 2.45) is 0 Å². The lowest BCUT2D eigenvalue weighted by Gasteiger charge is -2.20. The summed E-state index contributed by atoms with van der Waals surface area (Å²) >= 11 is 0. The molecule has 0 radical (unpaired) electrons. The largest absolute Gasteiger partial charge is 0.339 e. The Bertz CT molecular complexity index is 951. The zero-order valence-corrected chi connectivity index (χ0v) is 19.0. The Hall–Kier alpha value is -2.18. The Labute approximate surface area is 180 Å². The average Bonchev–Trinajstić information content (AvgIpc) is 3.01. The van der Waals surface area contributed by atoms with Gasteiger partial charge in [-0.3, -0.25) is 4.79 Å². The topological polar surface area (TPSA) is 66.5 Å². The standard InChI is InChI=1S/C24H32N2O3S/c1-24(2,3)21-12-14-22(15-13-21)30(28,29)25-18-19-8-10-20(11-9-19)23(27)26-16-6-4-5-7-17-26/h8-15,25H,4-7,16-18H2,1-3H3. The number of carbonyl (C=O) groups is 1. The lowest BCUT2D eigenvalue weighted by molar-refractivity contribution is 0.0761. The molecule has 0 saturated carbocycles. The first-order valence-electron chi connectivity index (χ1n) is 10.7. The summed E-state index contributed by atoms with van der Waals surface area (Å²) in [7, 11) is -3.59. The van der Waals surface area contributed by atoms with Gasteiger partial charge in [0.2, 0.25) is 10.0 Å². The summed E-state index contributed by atoms with van der Waals surface area (Å²) in [4.78, 5) is 14.9. The number of hydrogen-bond donors (Lipinski definition) is 1. The molecule has 1 saturated heterocycles. The summed E-state index contributed by atoms with van der Waals surface area (Å²) in [5.41, 5.74) is 2.53. The van der Waals surface area contributed by atoms with E-state index in [0.717, 1.165) is 37.1 Å². The molecule has 30 heavy (non-hydrogen) atoms. The van der Waals surface area contributed by atoms with Gasteiger partial charge >= 0.3 is 0 Å². The summed E-state index contributed by atoms with van der Waals surface area (Å²) in [5, 5.41) is 0. The van der Waals surface area contributed by atoms with Crippen LogP contribution in [-0.2, 0) is 22.0 Å². The minimum Gasteiger partial charge on any atom is -0.339 e. The Morgan fingerprint density at radius 3 is 2.00 bits per heavy atom. The third-order valence-corrected chi connectivity index (χ3v) is 7.01. The monoisotopic (exact) mass is 428 g/mol. The van der Waals surface area contributed by atoms with E-state index in [4.69, 9.17) is 0 Å². The minimum atomic E-state index is -3.59. The van der Waals surface area contributed by atoms with Gasteiger partial charge in [0.25, 0.3) is 5.91 Å². The molecular weight excluding hydrogens is 396 g/mol. The molecule has 162 valence electrons. The summed E-state index contributed by atoms with van der Waals surface area (Å²) in [6, 6.07) is 14.2. The first-order valence-corrected chi connectivity index (χ1v) is 12.1. The highest BCUT2D eigenvalue weighted by molar-refractivity contribution is 7.89. The van der Waals surface area contributed by atoms with Crippen molar-refractivity contribution in [1.82, 2.24) is 9.62 Å². The molecule has 3 rings (SSSR count). The van der Waals surface area contributed by atoms with Gasteiger partial charge in [0.15, 0.2) is 0 Å². The quantitative estimate of drug-likeness (QED) is 0.764. The number of sulfonamides is 1. The van der Waals surface area contributed by atoms with Gasteiger partial charge in [0, 0.05) is 25.2 Å². The molecule has 0 unspecified atom stereocenters. The van der Waals surface area contributed by atoms with Crippen molar-refractivity contribution in [2.75, 3.05) is 13.1 Å². The molecule has 5 nitrogen and oxygen atoms in total. The first-order chi connectivity index (χ1) is 14.2. The van der Waals surface area contributed by atoms with Gasteiger partial charge in [-0.25, -0.2) is 13.1 Å². The van der Waals surface area contributed by atoms with Crippen molar-refractivity contribution in [3.05, 3.63) is 65.2 Å². The van der Waals surface area contributed by atoms with E-state index in [1.165, 1.54) is 12.8 Å². The van der Waals surface area contributed by atoms with Crippen LogP contribution in [0.1, 0.15) is 67.9 Å². The molecule has 6 heteroatoms. The van der Waals surface area contributed by atoms with Gasteiger partial charge in [-0.1, -0.05) is 57.9 Å². The van der Waals surface area contributed by atoms with E-state index >= 15 is 0 Å². The number of likely N-dealkylation sites (tertiary alicyclic amines) is 1. The predicted molar refractivity (Wildman–Crippen MR) is 120 cm³/mol. The second kappa shape index (κ2) is 9.31. The molecule has 1 aliphatic heterocycles. The van der Waals surface area contributed by atoms with E-state index in [1.807, 2.05) is 29.2 Å². The van der Waals surface area contributed by atoms with Gasteiger partial charge in [0.05, 0.1) is 4.90 Å². The average molecular weight is 429 g/mol. The van der Waals surface area contributed by atoms with Crippen molar-refractivity contribution in [2.45, 2.75) is 63.3 Å². The molecule has 1 amide bonds. The summed E-state index contributed by atoms with van der Waals surface area (Å²) in [5.74, 6) is 0.0583. The molecule has 0 bridgehead atoms. The van der Waals surface area contributed by atoms with Crippen LogP contribution in [0.4, 0.5) is 0 Å². The van der Waals surface area contributed by atoms with Crippen molar-refractivity contribution >= 4 is 15.9 Å². The van der Waals surface area contributed by atoms with E-state index in [1.54, 1.807) is 24.3 Å². The fraction of sp³-hybridized carbons (Fsp3) is 0.458. The van der Waals surface area contributed by atoms with Crippen molar-refractivity contribution in [3.8, 4) is 0 Å². The van der Waals surface area contributed by atoms with Crippen molar-refractivity contribution < 1.29 is 13.2 Å². The van der Waals surface area contributed by atoms with E-state index in [-0.39, 0.29) is 22.8 Å². The van der Waals surface area contributed by atoms with Crippen LogP contribution in [0.2, 0.25) is 0 Å². The number of rotatable bonds is 5. The maximum absolute atomic E-state index is 12.7. The van der Waals surface area contributed by atoms with Gasteiger partial charge < -0.3 is 4.90 Å². The van der Waals surface area contributed by atoms with Crippen LogP contribution in [0.5, 0.6) is 0 Å². The zero-order chi connectivity index (χ0) is 21.8. The van der Waals surface area contributed by atoms with Crippen molar-refractivity contribution in [1.29, 1.82) is 0 Å². The first kappa shape index (κ1) is 22.5. The molecule has 1 heterocycles. The highest BCUT2D eigenvalue weighted by Crippen LogP contribution is 2.23. The highest BCUT2D eigenvalue weighted by atomic mass is 32.2. The summed E-state index contributed by atoms with van der Waals surface area (Å²) in [6.45, 7) is 8.09. The highest BCUT2D eigenvalue weighted by Gasteiger charge is 2.19. The molecule has 1 N–H and O–H groups in total. The Morgan fingerprint density at radius 2 is 1.47 bits per heavy atom. The smallest absolute Gasteiger partial charge is 0.253 e. The lowest BCUT2D eigenvalue weighted by atomic mass is 9.87. The van der Waals surface area contributed by atoms with Crippen LogP contribution in [0.15, 0.2) is 53.4 Å². The molecule has 1 aliphatic rings. The molecule has 2 aromatic rings. The third-order valence-electron chi connectivity index (χ3n) is 5.59. The molecule has 1 fully saturated rings. The van der Waals surface area contributed by atoms with Crippen LogP contribution >= 0.6 is 0 Å². The molecule has 0 atom stereocenters. The number of carbonyl (C=O) groups excluding carboxylic acids is 1. The summed E-state index contributed by atoms with van der Waals surface area (Å²) < 4.78 is 27.9. The Kier molecular flexibility index (Phi) is 6.98. The second-order valence-electron chi connectivity index (χ2n) is 9.00. The molecule has 0 aromatic heterocycles. The van der Waals surface area contributed by atoms with Gasteiger partial charge in [-0.15, -0.1) is 0 Å².